The summed E-state index contributed by atoms with van der Waals surface area (Å²) in [7, 11) is 0. The molecule has 0 bridgehead atoms. The maximum atomic E-state index is 10.7. The van der Waals surface area contributed by atoms with Gasteiger partial charge in [-0.05, 0) is 42.3 Å². The van der Waals surface area contributed by atoms with Gasteiger partial charge in [0.05, 0.1) is 16.8 Å². The number of aromatic nitrogens is 1. The number of rotatable bonds is 7. The van der Waals surface area contributed by atoms with Crippen molar-refractivity contribution >= 4 is 28.4 Å². The molecule has 26 heavy (non-hydrogen) atoms. The average Bonchev–Trinajstić information content (AvgIpc) is 3.06. The molecule has 7 nitrogen and oxygen atoms in total. The van der Waals surface area contributed by atoms with E-state index in [1.165, 1.54) is 23.5 Å². The minimum Gasteiger partial charge on any atom is -0.489 e. The minimum atomic E-state index is -0.422. The van der Waals surface area contributed by atoms with Gasteiger partial charge in [-0.1, -0.05) is 12.1 Å². The van der Waals surface area contributed by atoms with Crippen molar-refractivity contribution in [3.8, 4) is 5.75 Å². The number of non-ortho nitro benzene ring substituents is 1. The van der Waals surface area contributed by atoms with Crippen LogP contribution in [0.25, 0.3) is 0 Å². The number of hydrazone groups is 1. The maximum absolute atomic E-state index is 10.7. The smallest absolute Gasteiger partial charge is 0.269 e. The van der Waals surface area contributed by atoms with Crippen LogP contribution in [-0.2, 0) is 6.61 Å². The Hall–Kier alpha value is -3.26. The Morgan fingerprint density at radius 2 is 2.12 bits per heavy atom. The molecule has 0 spiro atoms. The highest BCUT2D eigenvalue weighted by atomic mass is 32.1. The van der Waals surface area contributed by atoms with E-state index in [4.69, 9.17) is 4.74 Å². The number of thiazole rings is 1. The number of hydrogen-bond acceptors (Lipinski definition) is 7. The van der Waals surface area contributed by atoms with Crippen LogP contribution in [0, 0.1) is 17.0 Å². The summed E-state index contributed by atoms with van der Waals surface area (Å²) in [6.45, 7) is 2.26. The number of nitro groups is 1. The predicted octanol–water partition coefficient (Wildman–Crippen LogP) is 4.38. The number of benzene rings is 2. The molecule has 0 aliphatic rings. The van der Waals surface area contributed by atoms with Crippen LogP contribution in [0.3, 0.4) is 0 Å². The molecule has 0 unspecified atom stereocenters. The van der Waals surface area contributed by atoms with Crippen LogP contribution in [0.4, 0.5) is 10.8 Å². The summed E-state index contributed by atoms with van der Waals surface area (Å²) < 4.78 is 5.74. The molecule has 0 amide bonds. The van der Waals surface area contributed by atoms with Crippen LogP contribution >= 0.6 is 11.3 Å². The van der Waals surface area contributed by atoms with E-state index in [9.17, 15) is 10.1 Å². The van der Waals surface area contributed by atoms with Crippen LogP contribution in [0.5, 0.6) is 5.75 Å². The van der Waals surface area contributed by atoms with Gasteiger partial charge in [-0.15, -0.1) is 11.3 Å². The van der Waals surface area contributed by atoms with Gasteiger partial charge in [0.2, 0.25) is 5.13 Å². The molecular formula is C18H16N4O3S. The van der Waals surface area contributed by atoms with Crippen molar-refractivity contribution in [2.75, 3.05) is 5.43 Å². The van der Waals surface area contributed by atoms with Crippen molar-refractivity contribution in [1.82, 2.24) is 4.98 Å². The number of nitrogens with zero attached hydrogens (tertiary/aromatic N) is 3. The zero-order valence-electron chi connectivity index (χ0n) is 14.0. The lowest BCUT2D eigenvalue weighted by molar-refractivity contribution is -0.384. The largest absolute Gasteiger partial charge is 0.489 e. The number of aryl methyl sites for hydroxylation is 1. The van der Waals surface area contributed by atoms with E-state index in [-0.39, 0.29) is 5.69 Å². The fourth-order valence-corrected chi connectivity index (χ4v) is 2.77. The van der Waals surface area contributed by atoms with E-state index in [2.05, 4.69) is 15.5 Å². The minimum absolute atomic E-state index is 0.0647. The van der Waals surface area contributed by atoms with Crippen molar-refractivity contribution in [1.29, 1.82) is 0 Å². The molecule has 2 aromatic carbocycles. The first-order valence-electron chi connectivity index (χ1n) is 7.77. The maximum Gasteiger partial charge on any atom is 0.269 e. The van der Waals surface area contributed by atoms with Gasteiger partial charge in [-0.25, -0.2) is 4.98 Å². The monoisotopic (exact) mass is 368 g/mol. The molecular weight excluding hydrogens is 352 g/mol. The Kier molecular flexibility index (Phi) is 5.55. The molecule has 0 aliphatic carbocycles. The second kappa shape index (κ2) is 8.21. The Balaban J connectivity index is 1.57. The highest BCUT2D eigenvalue weighted by Crippen LogP contribution is 2.17. The molecule has 1 N–H and O–H groups in total. The molecule has 3 aromatic rings. The van der Waals surface area contributed by atoms with Gasteiger partial charge in [0.15, 0.2) is 0 Å². The lowest BCUT2D eigenvalue weighted by Crippen LogP contribution is -1.97. The summed E-state index contributed by atoms with van der Waals surface area (Å²) in [6, 6.07) is 13.8. The van der Waals surface area contributed by atoms with E-state index < -0.39 is 4.92 Å². The molecule has 0 saturated carbocycles. The van der Waals surface area contributed by atoms with Gasteiger partial charge in [0, 0.05) is 17.5 Å². The number of nitro benzene ring substituents is 1. The molecule has 0 radical (unpaired) electrons. The molecule has 0 fully saturated rings. The van der Waals surface area contributed by atoms with Crippen LogP contribution in [-0.4, -0.2) is 16.1 Å². The topological polar surface area (TPSA) is 89.7 Å². The first kappa shape index (κ1) is 17.6. The fraction of sp³-hybridized carbons (Fsp3) is 0.111. The van der Waals surface area contributed by atoms with E-state index in [0.29, 0.717) is 12.4 Å². The van der Waals surface area contributed by atoms with Crippen molar-refractivity contribution in [3.05, 3.63) is 80.8 Å². The summed E-state index contributed by atoms with van der Waals surface area (Å²) in [6.07, 6.45) is 1.69. The number of anilines is 1. The molecule has 3 rings (SSSR count). The number of nitrogens with one attached hydrogen (secondary N) is 1. The third kappa shape index (κ3) is 4.87. The van der Waals surface area contributed by atoms with E-state index >= 15 is 0 Å². The second-order valence-electron chi connectivity index (χ2n) is 5.45. The molecule has 8 heteroatoms. The van der Waals surface area contributed by atoms with Crippen molar-refractivity contribution in [3.63, 3.8) is 0 Å². The first-order valence-corrected chi connectivity index (χ1v) is 8.65. The van der Waals surface area contributed by atoms with Gasteiger partial charge in [0.1, 0.15) is 12.4 Å². The fourth-order valence-electron chi connectivity index (χ4n) is 2.13. The number of ether oxygens (including phenoxy) is 1. The normalized spacial score (nSPS) is 10.8. The summed E-state index contributed by atoms with van der Waals surface area (Å²) in [4.78, 5) is 14.5. The Morgan fingerprint density at radius 3 is 2.81 bits per heavy atom. The molecule has 0 atom stereocenters. The van der Waals surface area contributed by atoms with Gasteiger partial charge in [-0.2, -0.15) is 5.10 Å². The molecule has 132 valence electrons. The summed E-state index contributed by atoms with van der Waals surface area (Å²) in [5, 5.41) is 17.5. The zero-order valence-corrected chi connectivity index (χ0v) is 14.8. The summed E-state index contributed by atoms with van der Waals surface area (Å²) in [5.74, 6) is 0.692. The standard InChI is InChI=1S/C18H16N4O3S/c1-13-12-26-18(20-13)21-19-10-15-3-2-4-17(9-15)25-11-14-5-7-16(8-6-14)22(23)24/h2-10,12H,11H2,1H3,(H,20,21). The summed E-state index contributed by atoms with van der Waals surface area (Å²) >= 11 is 1.49. The highest BCUT2D eigenvalue weighted by molar-refractivity contribution is 7.13. The van der Waals surface area contributed by atoms with E-state index in [0.717, 1.165) is 22.0 Å². The molecule has 1 aromatic heterocycles. The number of hydrogen-bond donors (Lipinski definition) is 1. The van der Waals surface area contributed by atoms with Crippen LogP contribution in [0.1, 0.15) is 16.8 Å². The SMILES string of the molecule is Cc1csc(NN=Cc2cccc(OCc3ccc([N+](=O)[O-])cc3)c2)n1. The lowest BCUT2D eigenvalue weighted by atomic mass is 10.2. The Morgan fingerprint density at radius 1 is 1.31 bits per heavy atom. The van der Waals surface area contributed by atoms with Crippen LogP contribution < -0.4 is 10.2 Å². The third-order valence-electron chi connectivity index (χ3n) is 3.40. The van der Waals surface area contributed by atoms with Gasteiger partial charge in [-0.3, -0.25) is 15.5 Å². The van der Waals surface area contributed by atoms with E-state index in [1.807, 2.05) is 36.6 Å². The third-order valence-corrected chi connectivity index (χ3v) is 4.27. The molecule has 0 aliphatic heterocycles. The average molecular weight is 368 g/mol. The van der Waals surface area contributed by atoms with Crippen molar-refractivity contribution in [2.45, 2.75) is 13.5 Å². The lowest BCUT2D eigenvalue weighted by Gasteiger charge is -2.06. The molecule has 0 saturated heterocycles. The predicted molar refractivity (Wildman–Crippen MR) is 102 cm³/mol. The van der Waals surface area contributed by atoms with Gasteiger partial charge in [0.25, 0.3) is 5.69 Å². The highest BCUT2D eigenvalue weighted by Gasteiger charge is 2.04. The Labute approximate surface area is 154 Å². The van der Waals surface area contributed by atoms with Crippen LogP contribution in [0.15, 0.2) is 59.0 Å². The van der Waals surface area contributed by atoms with Gasteiger partial charge >= 0.3 is 0 Å². The van der Waals surface area contributed by atoms with Crippen molar-refractivity contribution in [2.24, 2.45) is 5.10 Å². The quantitative estimate of drug-likeness (QED) is 0.380. The zero-order chi connectivity index (χ0) is 18.4. The van der Waals surface area contributed by atoms with E-state index in [1.54, 1.807) is 18.3 Å². The second-order valence-corrected chi connectivity index (χ2v) is 6.31. The van der Waals surface area contributed by atoms with Crippen LogP contribution in [0.2, 0.25) is 0 Å². The van der Waals surface area contributed by atoms with Crippen molar-refractivity contribution < 1.29 is 9.66 Å². The summed E-state index contributed by atoms with van der Waals surface area (Å²) in [5.41, 5.74) is 5.64. The van der Waals surface area contributed by atoms with Gasteiger partial charge < -0.3 is 4.74 Å². The Bertz CT molecular complexity index is 922. The first-order chi connectivity index (χ1) is 12.6. The molecule has 1 heterocycles.